The van der Waals surface area contributed by atoms with E-state index < -0.39 is 17.9 Å². The Morgan fingerprint density at radius 1 is 1.39 bits per heavy atom. The van der Waals surface area contributed by atoms with Gasteiger partial charge in [-0.2, -0.15) is 0 Å². The van der Waals surface area contributed by atoms with Gasteiger partial charge in [-0.1, -0.05) is 0 Å². The van der Waals surface area contributed by atoms with Crippen molar-refractivity contribution >= 4 is 12.0 Å². The number of rotatable bonds is 4. The number of aliphatic carboxylic acids is 1. The van der Waals surface area contributed by atoms with Crippen LogP contribution in [0.4, 0.5) is 13.6 Å². The fraction of sp³-hybridized carbons (Fsp3) is 0.818. The first-order chi connectivity index (χ1) is 8.30. The van der Waals surface area contributed by atoms with Crippen LogP contribution in [0.3, 0.4) is 0 Å². The minimum absolute atomic E-state index is 0.101. The zero-order valence-electron chi connectivity index (χ0n) is 10.3. The molecule has 0 bridgehead atoms. The Balaban J connectivity index is 2.30. The van der Waals surface area contributed by atoms with E-state index in [1.807, 2.05) is 0 Å². The van der Waals surface area contributed by atoms with Gasteiger partial charge in [0.1, 0.15) is 0 Å². The van der Waals surface area contributed by atoms with E-state index in [1.165, 1.54) is 11.9 Å². The third-order valence-corrected chi connectivity index (χ3v) is 3.05. The molecule has 0 atom stereocenters. The van der Waals surface area contributed by atoms with E-state index in [4.69, 9.17) is 5.11 Å². The van der Waals surface area contributed by atoms with Crippen molar-refractivity contribution in [1.82, 2.24) is 10.2 Å². The van der Waals surface area contributed by atoms with Gasteiger partial charge in [0.2, 0.25) is 5.92 Å². The molecule has 0 aromatic carbocycles. The Kier molecular flexibility index (Phi) is 4.86. The Bertz CT molecular complexity index is 313. The van der Waals surface area contributed by atoms with Crippen LogP contribution < -0.4 is 5.32 Å². The molecule has 5 nitrogen and oxygen atoms in total. The van der Waals surface area contributed by atoms with E-state index in [2.05, 4.69) is 5.32 Å². The first-order valence-corrected chi connectivity index (χ1v) is 5.91. The summed E-state index contributed by atoms with van der Waals surface area (Å²) >= 11 is 0. The zero-order valence-corrected chi connectivity index (χ0v) is 10.3. The summed E-state index contributed by atoms with van der Waals surface area (Å²) in [6.45, 7) is 0.101. The molecular formula is C11H18F2N2O3. The number of carboxylic acid groups (broad SMARTS) is 1. The number of nitrogens with one attached hydrogen (secondary N) is 1. The van der Waals surface area contributed by atoms with Crippen LogP contribution in [0.5, 0.6) is 0 Å². The second-order valence-corrected chi connectivity index (χ2v) is 4.65. The summed E-state index contributed by atoms with van der Waals surface area (Å²) in [5, 5.41) is 11.1. The predicted molar refractivity (Wildman–Crippen MR) is 60.6 cm³/mol. The lowest BCUT2D eigenvalue weighted by Crippen LogP contribution is -2.46. The molecule has 0 unspecified atom stereocenters. The zero-order chi connectivity index (χ0) is 13.8. The van der Waals surface area contributed by atoms with Crippen molar-refractivity contribution in [3.05, 3.63) is 0 Å². The lowest BCUT2D eigenvalue weighted by atomic mass is 9.92. The van der Waals surface area contributed by atoms with Crippen molar-refractivity contribution in [3.8, 4) is 0 Å². The van der Waals surface area contributed by atoms with Crippen LogP contribution in [0, 0.1) is 0 Å². The van der Waals surface area contributed by atoms with Crippen LogP contribution in [-0.4, -0.2) is 47.6 Å². The number of carbonyl (C=O) groups excluding carboxylic acids is 1. The fourth-order valence-corrected chi connectivity index (χ4v) is 1.83. The Morgan fingerprint density at radius 2 is 1.94 bits per heavy atom. The molecule has 7 heteroatoms. The average molecular weight is 264 g/mol. The van der Waals surface area contributed by atoms with Crippen LogP contribution in [0.25, 0.3) is 0 Å². The molecular weight excluding hydrogens is 246 g/mol. The van der Waals surface area contributed by atoms with Crippen molar-refractivity contribution in [3.63, 3.8) is 0 Å². The number of hydrogen-bond donors (Lipinski definition) is 2. The number of carboxylic acids is 1. The van der Waals surface area contributed by atoms with Gasteiger partial charge in [0.15, 0.2) is 0 Å². The van der Waals surface area contributed by atoms with Crippen molar-refractivity contribution in [2.45, 2.75) is 44.1 Å². The number of carbonyl (C=O) groups is 2. The van der Waals surface area contributed by atoms with Gasteiger partial charge in [-0.15, -0.1) is 0 Å². The van der Waals surface area contributed by atoms with E-state index in [0.29, 0.717) is 0 Å². The predicted octanol–water partition coefficient (Wildman–Crippen LogP) is 1.68. The van der Waals surface area contributed by atoms with Crippen LogP contribution in [0.2, 0.25) is 0 Å². The first kappa shape index (κ1) is 14.7. The molecule has 1 fully saturated rings. The number of nitrogens with zero attached hydrogens (tertiary/aromatic N) is 1. The maximum atomic E-state index is 12.9. The Morgan fingerprint density at radius 3 is 2.44 bits per heavy atom. The molecule has 2 amide bonds. The van der Waals surface area contributed by atoms with E-state index in [9.17, 15) is 18.4 Å². The van der Waals surface area contributed by atoms with E-state index >= 15 is 0 Å². The van der Waals surface area contributed by atoms with Gasteiger partial charge in [-0.05, 0) is 12.8 Å². The summed E-state index contributed by atoms with van der Waals surface area (Å²) in [6.07, 6.45) is -0.0444. The molecule has 2 N–H and O–H groups in total. The molecule has 0 aromatic rings. The number of hydrogen-bond acceptors (Lipinski definition) is 2. The molecule has 0 heterocycles. The quantitative estimate of drug-likeness (QED) is 0.811. The monoisotopic (exact) mass is 264 g/mol. The smallest absolute Gasteiger partial charge is 0.317 e. The van der Waals surface area contributed by atoms with Crippen molar-refractivity contribution in [2.24, 2.45) is 0 Å². The highest BCUT2D eigenvalue weighted by molar-refractivity contribution is 5.75. The Labute approximate surface area is 104 Å². The molecule has 104 valence electrons. The highest BCUT2D eigenvalue weighted by atomic mass is 19.3. The normalized spacial score (nSPS) is 19.3. The third kappa shape index (κ3) is 4.85. The van der Waals surface area contributed by atoms with Crippen LogP contribution >= 0.6 is 0 Å². The highest BCUT2D eigenvalue weighted by Gasteiger charge is 2.35. The number of halogens is 2. The highest BCUT2D eigenvalue weighted by Crippen LogP contribution is 2.32. The molecule has 1 saturated carbocycles. The van der Waals surface area contributed by atoms with Gasteiger partial charge < -0.3 is 15.3 Å². The van der Waals surface area contributed by atoms with Gasteiger partial charge in [0.25, 0.3) is 0 Å². The summed E-state index contributed by atoms with van der Waals surface area (Å²) in [5.41, 5.74) is 0. The lowest BCUT2D eigenvalue weighted by molar-refractivity contribution is -0.137. The standard InChI is InChI=1S/C11H18F2N2O3/c1-15(7-4-9(16)17)10(18)14-8-2-5-11(12,13)6-3-8/h8H,2-7H2,1H3,(H,14,18)(H,16,17). The SMILES string of the molecule is CN(CCC(=O)O)C(=O)NC1CCC(F)(F)CC1. The van der Waals surface area contributed by atoms with E-state index in [1.54, 1.807) is 0 Å². The summed E-state index contributed by atoms with van der Waals surface area (Å²) in [5.74, 6) is -3.59. The maximum Gasteiger partial charge on any atom is 0.317 e. The van der Waals surface area contributed by atoms with Crippen LogP contribution in [0.1, 0.15) is 32.1 Å². The van der Waals surface area contributed by atoms with Gasteiger partial charge in [0.05, 0.1) is 6.42 Å². The second kappa shape index (κ2) is 5.97. The summed E-state index contributed by atoms with van der Waals surface area (Å²) < 4.78 is 25.8. The molecule has 1 aliphatic rings. The topological polar surface area (TPSA) is 69.6 Å². The number of alkyl halides is 2. The molecule has 1 rings (SSSR count). The fourth-order valence-electron chi connectivity index (χ4n) is 1.83. The molecule has 1 aliphatic carbocycles. The third-order valence-electron chi connectivity index (χ3n) is 3.05. The Hall–Kier alpha value is -1.40. The van der Waals surface area contributed by atoms with Crippen LogP contribution in [-0.2, 0) is 4.79 Å². The molecule has 0 saturated heterocycles. The average Bonchev–Trinajstić information content (AvgIpc) is 2.28. The molecule has 0 spiro atoms. The lowest BCUT2D eigenvalue weighted by Gasteiger charge is -2.30. The first-order valence-electron chi connectivity index (χ1n) is 5.91. The minimum Gasteiger partial charge on any atom is -0.481 e. The minimum atomic E-state index is -2.61. The van der Waals surface area contributed by atoms with Gasteiger partial charge >= 0.3 is 12.0 Å². The molecule has 0 aromatic heterocycles. The van der Waals surface area contributed by atoms with Gasteiger partial charge in [0, 0.05) is 32.5 Å². The van der Waals surface area contributed by atoms with Crippen molar-refractivity contribution < 1.29 is 23.5 Å². The van der Waals surface area contributed by atoms with Crippen molar-refractivity contribution in [1.29, 1.82) is 0 Å². The summed E-state index contributed by atoms with van der Waals surface area (Å²) in [4.78, 5) is 23.2. The van der Waals surface area contributed by atoms with Crippen molar-refractivity contribution in [2.75, 3.05) is 13.6 Å². The molecule has 18 heavy (non-hydrogen) atoms. The second-order valence-electron chi connectivity index (χ2n) is 4.65. The molecule has 0 radical (unpaired) electrons. The summed E-state index contributed by atoms with van der Waals surface area (Å²) in [6, 6.07) is -0.657. The van der Waals surface area contributed by atoms with Crippen LogP contribution in [0.15, 0.2) is 0 Å². The molecule has 0 aliphatic heterocycles. The number of amides is 2. The largest absolute Gasteiger partial charge is 0.481 e. The summed E-state index contributed by atoms with van der Waals surface area (Å²) in [7, 11) is 1.48. The van der Waals surface area contributed by atoms with Gasteiger partial charge in [-0.25, -0.2) is 13.6 Å². The maximum absolute atomic E-state index is 12.9. The van der Waals surface area contributed by atoms with E-state index in [0.717, 1.165) is 0 Å². The van der Waals surface area contributed by atoms with E-state index in [-0.39, 0.29) is 44.7 Å². The van der Waals surface area contributed by atoms with Gasteiger partial charge in [-0.3, -0.25) is 4.79 Å². The number of urea groups is 1.